The Labute approximate surface area is 135 Å². The zero-order chi connectivity index (χ0) is 16.3. The molecule has 0 atom stereocenters. The monoisotopic (exact) mass is 316 g/mol. The average Bonchev–Trinajstić information content (AvgIpc) is 2.50. The van der Waals surface area contributed by atoms with Crippen LogP contribution in [0.3, 0.4) is 0 Å². The third kappa shape index (κ3) is 19.3. The summed E-state index contributed by atoms with van der Waals surface area (Å²) in [5.74, 6) is 0.0257. The van der Waals surface area contributed by atoms with Gasteiger partial charge in [0.2, 0.25) is 5.91 Å². The van der Waals surface area contributed by atoms with Gasteiger partial charge in [-0.15, -0.1) is 0 Å². The minimum atomic E-state index is 0.0257. The van der Waals surface area contributed by atoms with Crippen molar-refractivity contribution in [2.24, 2.45) is 0 Å². The molecule has 0 bridgehead atoms. The van der Waals surface area contributed by atoms with Crippen molar-refractivity contribution < 1.29 is 4.79 Å². The number of hydrogen-bond acceptors (Lipinski definition) is 6. The van der Waals surface area contributed by atoms with Crippen molar-refractivity contribution in [3.63, 3.8) is 0 Å². The lowest BCUT2D eigenvalue weighted by atomic mass is 10.4. The van der Waals surface area contributed by atoms with Gasteiger partial charge < -0.3 is 31.9 Å². The van der Waals surface area contributed by atoms with Gasteiger partial charge in [-0.3, -0.25) is 4.79 Å². The molecule has 0 aliphatic rings. The summed E-state index contributed by atoms with van der Waals surface area (Å²) in [6.07, 6.45) is 1.19. The lowest BCUT2D eigenvalue weighted by Crippen LogP contribution is -2.37. The molecule has 0 heterocycles. The Balaban J connectivity index is 2.95. The van der Waals surface area contributed by atoms with Crippen LogP contribution in [0, 0.1) is 0 Å². The van der Waals surface area contributed by atoms with E-state index in [0.29, 0.717) is 6.54 Å². The number of hydrogen-bond donors (Lipinski definition) is 6. The Bertz CT molecular complexity index is 240. The summed E-state index contributed by atoms with van der Waals surface area (Å²) >= 11 is 0. The molecule has 22 heavy (non-hydrogen) atoms. The maximum Gasteiger partial charge on any atom is 0.216 e. The van der Waals surface area contributed by atoms with Crippen molar-refractivity contribution in [3.8, 4) is 0 Å². The fourth-order valence-electron chi connectivity index (χ4n) is 1.84. The Morgan fingerprint density at radius 1 is 0.591 bits per heavy atom. The van der Waals surface area contributed by atoms with Crippen LogP contribution >= 0.6 is 0 Å². The van der Waals surface area contributed by atoms with E-state index in [-0.39, 0.29) is 5.91 Å². The first-order valence-electron chi connectivity index (χ1n) is 8.55. The van der Waals surface area contributed by atoms with Crippen molar-refractivity contribution >= 4 is 5.91 Å². The van der Waals surface area contributed by atoms with Crippen LogP contribution in [0.25, 0.3) is 0 Å². The molecule has 0 aliphatic heterocycles. The van der Waals surface area contributed by atoms with Gasteiger partial charge in [0.05, 0.1) is 0 Å². The predicted molar refractivity (Wildman–Crippen MR) is 93.3 cm³/mol. The number of rotatable bonds is 17. The van der Waals surface area contributed by atoms with Gasteiger partial charge in [0, 0.05) is 72.4 Å². The maximum atomic E-state index is 10.6. The molecule has 0 saturated carbocycles. The largest absolute Gasteiger partial charge is 0.355 e. The van der Waals surface area contributed by atoms with E-state index in [4.69, 9.17) is 0 Å². The van der Waals surface area contributed by atoms with Crippen molar-refractivity contribution in [3.05, 3.63) is 0 Å². The molecule has 0 spiro atoms. The van der Waals surface area contributed by atoms with Gasteiger partial charge in [0.1, 0.15) is 0 Å². The first-order valence-corrected chi connectivity index (χ1v) is 8.55. The molecule has 7 heteroatoms. The summed E-state index contributed by atoms with van der Waals surface area (Å²) in [6, 6.07) is 0. The highest BCUT2D eigenvalue weighted by molar-refractivity contribution is 5.72. The minimum absolute atomic E-state index is 0.0257. The number of carbonyl (C=O) groups is 1. The van der Waals surface area contributed by atoms with Crippen LogP contribution in [-0.2, 0) is 4.79 Å². The van der Waals surface area contributed by atoms with Gasteiger partial charge in [-0.25, -0.2) is 0 Å². The molecular weight excluding hydrogens is 280 g/mol. The van der Waals surface area contributed by atoms with E-state index in [1.807, 2.05) is 0 Å². The molecule has 0 fully saturated rings. The first kappa shape index (κ1) is 21.3. The Morgan fingerprint density at radius 3 is 1.23 bits per heavy atom. The van der Waals surface area contributed by atoms with Crippen LogP contribution in [0.5, 0.6) is 0 Å². The van der Waals surface area contributed by atoms with Crippen LogP contribution in [0.1, 0.15) is 20.3 Å². The lowest BCUT2D eigenvalue weighted by molar-refractivity contribution is -0.118. The van der Waals surface area contributed by atoms with E-state index < -0.39 is 0 Å². The number of carbonyl (C=O) groups excluding carboxylic acids is 1. The average molecular weight is 316 g/mol. The molecule has 7 nitrogen and oxygen atoms in total. The zero-order valence-corrected chi connectivity index (χ0v) is 14.4. The molecule has 0 radical (unpaired) electrons. The van der Waals surface area contributed by atoms with Gasteiger partial charge in [0.15, 0.2) is 0 Å². The predicted octanol–water partition coefficient (Wildman–Crippen LogP) is -1.52. The van der Waals surface area contributed by atoms with Crippen LogP contribution in [0.15, 0.2) is 0 Å². The second-order valence-corrected chi connectivity index (χ2v) is 5.23. The first-order chi connectivity index (χ1) is 10.8. The summed E-state index contributed by atoms with van der Waals surface area (Å²) < 4.78 is 0. The fourth-order valence-corrected chi connectivity index (χ4v) is 1.84. The lowest BCUT2D eigenvalue weighted by Gasteiger charge is -2.09. The molecule has 0 aromatic heterocycles. The molecule has 0 aliphatic carbocycles. The van der Waals surface area contributed by atoms with Gasteiger partial charge in [0.25, 0.3) is 0 Å². The summed E-state index contributed by atoms with van der Waals surface area (Å²) in [5, 5.41) is 19.5. The maximum absolute atomic E-state index is 10.6. The van der Waals surface area contributed by atoms with Gasteiger partial charge >= 0.3 is 0 Å². The van der Waals surface area contributed by atoms with E-state index >= 15 is 0 Å². The highest BCUT2D eigenvalue weighted by atomic mass is 16.1. The minimum Gasteiger partial charge on any atom is -0.355 e. The second kappa shape index (κ2) is 18.3. The van der Waals surface area contributed by atoms with Crippen molar-refractivity contribution in [2.45, 2.75) is 20.3 Å². The molecule has 0 rings (SSSR count). The van der Waals surface area contributed by atoms with E-state index in [9.17, 15) is 4.79 Å². The Kier molecular flexibility index (Phi) is 17.7. The smallest absolute Gasteiger partial charge is 0.216 e. The standard InChI is InChI=1S/C15H36N6O/c1-3-4-16-5-6-17-7-8-18-9-10-19-11-12-20-13-14-21-15(2)22/h16-20H,3-14H2,1-2H3,(H,21,22). The Hall–Kier alpha value is -0.730. The highest BCUT2D eigenvalue weighted by Crippen LogP contribution is 1.68. The molecular formula is C15H36N6O. The normalized spacial score (nSPS) is 10.8. The van der Waals surface area contributed by atoms with E-state index in [0.717, 1.165) is 65.4 Å². The molecule has 0 aromatic rings. The SMILES string of the molecule is CCCNCCNCCNCCNCCNCCNC(C)=O. The van der Waals surface area contributed by atoms with Crippen LogP contribution in [-0.4, -0.2) is 77.9 Å². The molecule has 0 saturated heterocycles. The van der Waals surface area contributed by atoms with Crippen LogP contribution in [0.2, 0.25) is 0 Å². The van der Waals surface area contributed by atoms with Crippen molar-refractivity contribution in [2.75, 3.05) is 72.0 Å². The summed E-state index contributed by atoms with van der Waals surface area (Å²) in [7, 11) is 0. The van der Waals surface area contributed by atoms with Gasteiger partial charge in [-0.1, -0.05) is 6.92 Å². The van der Waals surface area contributed by atoms with Crippen molar-refractivity contribution in [1.82, 2.24) is 31.9 Å². The third-order valence-corrected chi connectivity index (χ3v) is 3.02. The van der Waals surface area contributed by atoms with E-state index in [1.165, 1.54) is 13.3 Å². The number of nitrogens with one attached hydrogen (secondary N) is 6. The third-order valence-electron chi connectivity index (χ3n) is 3.02. The molecule has 1 amide bonds. The van der Waals surface area contributed by atoms with Crippen LogP contribution < -0.4 is 31.9 Å². The molecule has 0 unspecified atom stereocenters. The summed E-state index contributed by atoms with van der Waals surface area (Å²) in [6.45, 7) is 14.3. The van der Waals surface area contributed by atoms with Crippen LogP contribution in [0.4, 0.5) is 0 Å². The molecule has 6 N–H and O–H groups in total. The Morgan fingerprint density at radius 2 is 0.909 bits per heavy atom. The second-order valence-electron chi connectivity index (χ2n) is 5.23. The fraction of sp³-hybridized carbons (Fsp3) is 0.933. The summed E-state index contributed by atoms with van der Waals surface area (Å²) in [5.41, 5.74) is 0. The van der Waals surface area contributed by atoms with E-state index in [2.05, 4.69) is 38.8 Å². The number of amides is 1. The molecule has 132 valence electrons. The van der Waals surface area contributed by atoms with Crippen molar-refractivity contribution in [1.29, 1.82) is 0 Å². The zero-order valence-electron chi connectivity index (χ0n) is 14.4. The topological polar surface area (TPSA) is 89.2 Å². The molecule has 0 aromatic carbocycles. The summed E-state index contributed by atoms with van der Waals surface area (Å²) in [4.78, 5) is 10.6. The van der Waals surface area contributed by atoms with E-state index in [1.54, 1.807) is 0 Å². The highest BCUT2D eigenvalue weighted by Gasteiger charge is 1.91. The van der Waals surface area contributed by atoms with Gasteiger partial charge in [-0.2, -0.15) is 0 Å². The van der Waals surface area contributed by atoms with Gasteiger partial charge in [-0.05, 0) is 13.0 Å². The quantitative estimate of drug-likeness (QED) is 0.183.